The van der Waals surface area contributed by atoms with Crippen molar-refractivity contribution in [2.45, 2.75) is 25.6 Å². The number of amides is 1. The van der Waals surface area contributed by atoms with Crippen LogP contribution in [0.1, 0.15) is 18.1 Å². The molecular weight excluding hydrogens is 327 g/mol. The van der Waals surface area contributed by atoms with Crippen molar-refractivity contribution in [2.75, 3.05) is 21.3 Å². The Morgan fingerprint density at radius 3 is 2.33 bits per heavy atom. The molecule has 0 saturated carbocycles. The smallest absolute Gasteiger partial charge is 0.471 e. The molecule has 0 aliphatic carbocycles. The van der Waals surface area contributed by atoms with E-state index in [9.17, 15) is 18.0 Å². The Morgan fingerprint density at radius 2 is 1.83 bits per heavy atom. The fraction of sp³-hybridized carbons (Fsp3) is 0.438. The van der Waals surface area contributed by atoms with E-state index in [-0.39, 0.29) is 6.42 Å². The van der Waals surface area contributed by atoms with Gasteiger partial charge in [-0.05, 0) is 37.1 Å². The van der Waals surface area contributed by atoms with Crippen LogP contribution in [0.15, 0.2) is 18.4 Å². The number of alkyl halides is 3. The highest BCUT2D eigenvalue weighted by Crippen LogP contribution is 2.31. The standard InChI is InChI=1S/C16H20F3NO4/c1-10(20-15(21)16(17,18)19)7-12-9-13(23-3)11(5-6-22-2)8-14(12)24-4/h5-6,8-10H,7H2,1-4H3,(H,20,21)/b6-5+/t10-/m1/s1. The van der Waals surface area contributed by atoms with Crippen LogP contribution in [0.2, 0.25) is 0 Å². The number of hydrogen-bond acceptors (Lipinski definition) is 4. The Bertz CT molecular complexity index is 600. The largest absolute Gasteiger partial charge is 0.504 e. The molecule has 0 aromatic heterocycles. The number of carbonyl (C=O) groups is 1. The van der Waals surface area contributed by atoms with Crippen molar-refractivity contribution < 1.29 is 32.2 Å². The van der Waals surface area contributed by atoms with Crippen molar-refractivity contribution in [3.05, 3.63) is 29.5 Å². The van der Waals surface area contributed by atoms with Gasteiger partial charge in [-0.25, -0.2) is 0 Å². The van der Waals surface area contributed by atoms with E-state index in [0.717, 1.165) is 0 Å². The van der Waals surface area contributed by atoms with E-state index >= 15 is 0 Å². The van der Waals surface area contributed by atoms with Crippen molar-refractivity contribution in [1.29, 1.82) is 0 Å². The van der Waals surface area contributed by atoms with Gasteiger partial charge in [-0.15, -0.1) is 0 Å². The average Bonchev–Trinajstić information content (AvgIpc) is 2.51. The number of methoxy groups -OCH3 is 3. The molecule has 134 valence electrons. The summed E-state index contributed by atoms with van der Waals surface area (Å²) >= 11 is 0. The first-order valence-electron chi connectivity index (χ1n) is 7.04. The number of nitrogens with one attached hydrogen (secondary N) is 1. The van der Waals surface area contributed by atoms with Gasteiger partial charge in [0, 0.05) is 11.6 Å². The highest BCUT2D eigenvalue weighted by molar-refractivity contribution is 5.81. The Hall–Kier alpha value is -2.38. The molecule has 8 heteroatoms. The minimum Gasteiger partial charge on any atom is -0.504 e. The van der Waals surface area contributed by atoms with E-state index in [2.05, 4.69) is 0 Å². The van der Waals surface area contributed by atoms with E-state index in [0.29, 0.717) is 22.6 Å². The minimum absolute atomic E-state index is 0.148. The number of ether oxygens (including phenoxy) is 3. The van der Waals surface area contributed by atoms with Crippen LogP contribution in [-0.2, 0) is 16.0 Å². The zero-order valence-corrected chi connectivity index (χ0v) is 13.9. The summed E-state index contributed by atoms with van der Waals surface area (Å²) in [6.45, 7) is 1.48. The lowest BCUT2D eigenvalue weighted by Crippen LogP contribution is -2.42. The summed E-state index contributed by atoms with van der Waals surface area (Å²) in [6.07, 6.45) is -1.64. The van der Waals surface area contributed by atoms with E-state index in [1.165, 1.54) is 34.5 Å². The second-order valence-electron chi connectivity index (χ2n) is 5.02. The summed E-state index contributed by atoms with van der Waals surface area (Å²) < 4.78 is 52.3. The van der Waals surface area contributed by atoms with Crippen LogP contribution in [0.3, 0.4) is 0 Å². The molecule has 0 fully saturated rings. The number of carbonyl (C=O) groups excluding carboxylic acids is 1. The van der Waals surface area contributed by atoms with Gasteiger partial charge >= 0.3 is 12.1 Å². The predicted octanol–water partition coefficient (Wildman–Crippen LogP) is 2.93. The third-order valence-corrected chi connectivity index (χ3v) is 3.18. The zero-order valence-electron chi connectivity index (χ0n) is 13.9. The van der Waals surface area contributed by atoms with Gasteiger partial charge in [0.2, 0.25) is 0 Å². The average molecular weight is 347 g/mol. The number of benzene rings is 1. The van der Waals surface area contributed by atoms with Gasteiger partial charge in [0.1, 0.15) is 11.5 Å². The van der Waals surface area contributed by atoms with E-state index in [4.69, 9.17) is 14.2 Å². The summed E-state index contributed by atoms with van der Waals surface area (Å²) in [4.78, 5) is 11.0. The maximum absolute atomic E-state index is 12.3. The molecular formula is C16H20F3NO4. The monoisotopic (exact) mass is 347 g/mol. The van der Waals surface area contributed by atoms with Crippen LogP contribution in [0.25, 0.3) is 6.08 Å². The van der Waals surface area contributed by atoms with Gasteiger partial charge in [-0.1, -0.05) is 0 Å². The highest BCUT2D eigenvalue weighted by atomic mass is 19.4. The lowest BCUT2D eigenvalue weighted by molar-refractivity contribution is -0.174. The predicted molar refractivity (Wildman–Crippen MR) is 83.0 cm³/mol. The van der Waals surface area contributed by atoms with Gasteiger partial charge in [-0.3, -0.25) is 4.79 Å². The third kappa shape index (κ3) is 5.36. The Labute approximate surface area is 138 Å². The first kappa shape index (κ1) is 19.7. The molecule has 0 aliphatic heterocycles. The zero-order chi connectivity index (χ0) is 18.3. The van der Waals surface area contributed by atoms with Crippen molar-refractivity contribution in [3.8, 4) is 11.5 Å². The fourth-order valence-electron chi connectivity index (χ4n) is 2.10. The fourth-order valence-corrected chi connectivity index (χ4v) is 2.10. The molecule has 0 heterocycles. The summed E-state index contributed by atoms with van der Waals surface area (Å²) in [5.74, 6) is -0.992. The van der Waals surface area contributed by atoms with Gasteiger partial charge in [0.15, 0.2) is 0 Å². The van der Waals surface area contributed by atoms with Gasteiger partial charge in [-0.2, -0.15) is 13.2 Å². The van der Waals surface area contributed by atoms with Crippen LogP contribution in [-0.4, -0.2) is 39.5 Å². The van der Waals surface area contributed by atoms with Crippen LogP contribution in [0.4, 0.5) is 13.2 Å². The van der Waals surface area contributed by atoms with Crippen molar-refractivity contribution >= 4 is 12.0 Å². The number of rotatable bonds is 7. The van der Waals surface area contributed by atoms with Crippen molar-refractivity contribution in [1.82, 2.24) is 5.32 Å². The maximum Gasteiger partial charge on any atom is 0.471 e. The molecule has 0 bridgehead atoms. The van der Waals surface area contributed by atoms with Gasteiger partial charge in [0.25, 0.3) is 0 Å². The topological polar surface area (TPSA) is 56.8 Å². The van der Waals surface area contributed by atoms with E-state index in [1.807, 2.05) is 5.32 Å². The Balaban J connectivity index is 3.02. The molecule has 1 N–H and O–H groups in total. The lowest BCUT2D eigenvalue weighted by atomic mass is 10.0. The third-order valence-electron chi connectivity index (χ3n) is 3.18. The van der Waals surface area contributed by atoms with Crippen molar-refractivity contribution in [3.63, 3.8) is 0 Å². The molecule has 0 saturated heterocycles. The molecule has 1 rings (SSSR count). The quantitative estimate of drug-likeness (QED) is 0.771. The summed E-state index contributed by atoms with van der Waals surface area (Å²) in [7, 11) is 4.43. The SMILES string of the molecule is CO/C=C/c1cc(OC)c(C[C@@H](C)NC(=O)C(F)(F)F)cc1OC. The number of hydrogen-bond donors (Lipinski definition) is 1. The van der Waals surface area contributed by atoms with Crippen LogP contribution >= 0.6 is 0 Å². The molecule has 1 aromatic rings. The number of halogens is 3. The second kappa shape index (κ2) is 8.47. The van der Waals surface area contributed by atoms with Crippen LogP contribution < -0.4 is 14.8 Å². The molecule has 0 unspecified atom stereocenters. The maximum atomic E-state index is 12.3. The summed E-state index contributed by atoms with van der Waals surface area (Å²) in [6, 6.07) is 2.60. The van der Waals surface area contributed by atoms with Gasteiger partial charge in [0.05, 0.1) is 27.6 Å². The first-order chi connectivity index (χ1) is 11.2. The molecule has 1 amide bonds. The van der Waals surface area contributed by atoms with Crippen LogP contribution in [0.5, 0.6) is 11.5 Å². The molecule has 1 aromatic carbocycles. The van der Waals surface area contributed by atoms with E-state index < -0.39 is 18.1 Å². The Kier molecular flexibility index (Phi) is 6.94. The van der Waals surface area contributed by atoms with Crippen LogP contribution in [0, 0.1) is 0 Å². The molecule has 5 nitrogen and oxygen atoms in total. The van der Waals surface area contributed by atoms with Crippen molar-refractivity contribution in [2.24, 2.45) is 0 Å². The normalized spacial score (nSPS) is 12.8. The first-order valence-corrected chi connectivity index (χ1v) is 7.04. The summed E-state index contributed by atoms with van der Waals surface area (Å²) in [5, 5.41) is 1.91. The second-order valence-corrected chi connectivity index (χ2v) is 5.02. The lowest BCUT2D eigenvalue weighted by Gasteiger charge is -2.18. The molecule has 0 spiro atoms. The molecule has 24 heavy (non-hydrogen) atoms. The molecule has 1 atom stereocenters. The van der Waals surface area contributed by atoms with E-state index in [1.54, 1.807) is 18.2 Å². The Morgan fingerprint density at radius 1 is 1.21 bits per heavy atom. The van der Waals surface area contributed by atoms with Gasteiger partial charge < -0.3 is 19.5 Å². The molecule has 0 aliphatic rings. The minimum atomic E-state index is -4.91. The highest BCUT2D eigenvalue weighted by Gasteiger charge is 2.39. The summed E-state index contributed by atoms with van der Waals surface area (Å²) in [5.41, 5.74) is 1.30. The molecule has 0 radical (unpaired) electrons.